The highest BCUT2D eigenvalue weighted by molar-refractivity contribution is 6.42. The Labute approximate surface area is 129 Å². The van der Waals surface area contributed by atoms with Gasteiger partial charge in [-0.3, -0.25) is 4.79 Å². The fraction of sp³-hybridized carbons (Fsp3) is 0.533. The van der Waals surface area contributed by atoms with E-state index >= 15 is 0 Å². The van der Waals surface area contributed by atoms with Crippen molar-refractivity contribution in [2.75, 3.05) is 13.2 Å². The topological polar surface area (TPSA) is 40.5 Å². The fourth-order valence-corrected chi connectivity index (χ4v) is 2.93. The summed E-state index contributed by atoms with van der Waals surface area (Å²) in [6.07, 6.45) is 2.24. The Balaban J connectivity index is 2.04. The maximum atomic E-state index is 12.4. The molecule has 1 aliphatic rings. The lowest BCUT2D eigenvalue weighted by atomic mass is 9.93. The van der Waals surface area contributed by atoms with E-state index < -0.39 is 0 Å². The van der Waals surface area contributed by atoms with Crippen molar-refractivity contribution in [1.29, 1.82) is 0 Å². The molecule has 1 amide bonds. The molecule has 0 bridgehead atoms. The molecule has 1 aliphatic heterocycles. The molecule has 2 unspecified atom stereocenters. The molecule has 3 nitrogen and oxygen atoms in total. The van der Waals surface area contributed by atoms with Gasteiger partial charge in [-0.15, -0.1) is 0 Å². The largest absolute Gasteiger partial charge is 0.396 e. The van der Waals surface area contributed by atoms with Crippen molar-refractivity contribution in [2.45, 2.75) is 32.2 Å². The van der Waals surface area contributed by atoms with E-state index in [-0.39, 0.29) is 24.5 Å². The molecular formula is C15H19Cl2NO2. The average Bonchev–Trinajstić information content (AvgIpc) is 2.43. The standard InChI is InChI=1S/C15H19Cl2NO2/c1-10-2-3-12(9-19)8-18(10)15(20)7-11-4-5-13(16)14(17)6-11/h4-6,10,12,19H,2-3,7-9H2,1H3. The van der Waals surface area contributed by atoms with Crippen molar-refractivity contribution in [2.24, 2.45) is 5.92 Å². The second-order valence-corrected chi connectivity index (χ2v) is 6.26. The Morgan fingerprint density at radius 3 is 2.75 bits per heavy atom. The normalized spacial score (nSPS) is 22.9. The minimum absolute atomic E-state index is 0.0778. The molecule has 0 saturated carbocycles. The van der Waals surface area contributed by atoms with Crippen molar-refractivity contribution in [3.63, 3.8) is 0 Å². The maximum Gasteiger partial charge on any atom is 0.227 e. The number of halogens is 2. The van der Waals surface area contributed by atoms with Gasteiger partial charge in [0.25, 0.3) is 0 Å². The Bertz CT molecular complexity index is 493. The Hall–Kier alpha value is -0.770. The van der Waals surface area contributed by atoms with Crippen molar-refractivity contribution in [1.82, 2.24) is 4.90 Å². The zero-order valence-electron chi connectivity index (χ0n) is 11.5. The molecule has 0 radical (unpaired) electrons. The molecule has 1 aromatic rings. The minimum atomic E-state index is 0.0778. The summed E-state index contributed by atoms with van der Waals surface area (Å²) in [5, 5.41) is 10.2. The number of rotatable bonds is 3. The average molecular weight is 316 g/mol. The second kappa shape index (κ2) is 6.79. The first-order valence-electron chi connectivity index (χ1n) is 6.85. The Morgan fingerprint density at radius 2 is 2.10 bits per heavy atom. The van der Waals surface area contributed by atoms with Crippen LogP contribution in [0.1, 0.15) is 25.3 Å². The first-order chi connectivity index (χ1) is 9.51. The van der Waals surface area contributed by atoms with Gasteiger partial charge in [0.15, 0.2) is 0 Å². The van der Waals surface area contributed by atoms with Gasteiger partial charge in [-0.1, -0.05) is 29.3 Å². The quantitative estimate of drug-likeness (QED) is 0.930. The van der Waals surface area contributed by atoms with Gasteiger partial charge in [-0.25, -0.2) is 0 Å². The third kappa shape index (κ3) is 3.66. The lowest BCUT2D eigenvalue weighted by molar-refractivity contribution is -0.135. The third-order valence-corrected chi connectivity index (χ3v) is 4.64. The highest BCUT2D eigenvalue weighted by atomic mass is 35.5. The number of nitrogens with zero attached hydrogens (tertiary/aromatic N) is 1. The van der Waals surface area contributed by atoms with Crippen LogP contribution < -0.4 is 0 Å². The van der Waals surface area contributed by atoms with Crippen LogP contribution in [0.5, 0.6) is 0 Å². The number of carbonyl (C=O) groups is 1. The van der Waals surface area contributed by atoms with Crippen LogP contribution in [-0.4, -0.2) is 35.1 Å². The number of hydrogen-bond acceptors (Lipinski definition) is 2. The number of amides is 1. The van der Waals surface area contributed by atoms with Crippen LogP contribution in [0.4, 0.5) is 0 Å². The van der Waals surface area contributed by atoms with E-state index in [0.29, 0.717) is 23.0 Å². The van der Waals surface area contributed by atoms with E-state index in [1.807, 2.05) is 11.0 Å². The van der Waals surface area contributed by atoms with Crippen LogP contribution in [0.25, 0.3) is 0 Å². The minimum Gasteiger partial charge on any atom is -0.396 e. The van der Waals surface area contributed by atoms with Crippen molar-refractivity contribution < 1.29 is 9.90 Å². The summed E-state index contributed by atoms with van der Waals surface area (Å²) in [7, 11) is 0. The maximum absolute atomic E-state index is 12.4. The first-order valence-corrected chi connectivity index (χ1v) is 7.61. The SMILES string of the molecule is CC1CCC(CO)CN1C(=O)Cc1ccc(Cl)c(Cl)c1. The second-order valence-electron chi connectivity index (χ2n) is 5.45. The van der Waals surface area contributed by atoms with Crippen LogP contribution in [-0.2, 0) is 11.2 Å². The van der Waals surface area contributed by atoms with Crippen molar-refractivity contribution in [3.05, 3.63) is 33.8 Å². The van der Waals surface area contributed by atoms with Crippen LogP contribution in [0.3, 0.4) is 0 Å². The van der Waals surface area contributed by atoms with Gasteiger partial charge in [0.2, 0.25) is 5.91 Å². The van der Waals surface area contributed by atoms with Crippen LogP contribution in [0.15, 0.2) is 18.2 Å². The molecule has 1 fully saturated rings. The van der Waals surface area contributed by atoms with Gasteiger partial charge in [-0.05, 0) is 43.4 Å². The third-order valence-electron chi connectivity index (χ3n) is 3.90. The summed E-state index contributed by atoms with van der Waals surface area (Å²) in [6, 6.07) is 5.50. The van der Waals surface area contributed by atoms with Gasteiger partial charge in [0.1, 0.15) is 0 Å². The number of benzene rings is 1. The fourth-order valence-electron chi connectivity index (χ4n) is 2.60. The molecule has 2 atom stereocenters. The lowest BCUT2D eigenvalue weighted by Gasteiger charge is -2.37. The highest BCUT2D eigenvalue weighted by Crippen LogP contribution is 2.25. The lowest BCUT2D eigenvalue weighted by Crippen LogP contribution is -2.46. The van der Waals surface area contributed by atoms with E-state index in [1.165, 1.54) is 0 Å². The van der Waals surface area contributed by atoms with Gasteiger partial charge in [0.05, 0.1) is 16.5 Å². The number of hydrogen-bond donors (Lipinski definition) is 1. The molecule has 20 heavy (non-hydrogen) atoms. The number of aliphatic hydroxyl groups excluding tert-OH is 1. The Kier molecular flexibility index (Phi) is 5.30. The van der Waals surface area contributed by atoms with Gasteiger partial charge >= 0.3 is 0 Å². The van der Waals surface area contributed by atoms with E-state index in [4.69, 9.17) is 23.2 Å². The van der Waals surface area contributed by atoms with Crippen LogP contribution >= 0.6 is 23.2 Å². The molecule has 0 spiro atoms. The molecule has 5 heteroatoms. The molecule has 1 saturated heterocycles. The summed E-state index contributed by atoms with van der Waals surface area (Å²) in [5.74, 6) is 0.276. The first kappa shape index (κ1) is 15.6. The van der Waals surface area contributed by atoms with Crippen molar-refractivity contribution in [3.8, 4) is 0 Å². The van der Waals surface area contributed by atoms with E-state index in [2.05, 4.69) is 6.92 Å². The molecule has 0 aromatic heterocycles. The van der Waals surface area contributed by atoms with E-state index in [9.17, 15) is 9.90 Å². The predicted octanol–water partition coefficient (Wildman–Crippen LogP) is 3.16. The monoisotopic (exact) mass is 315 g/mol. The number of likely N-dealkylation sites (tertiary alicyclic amines) is 1. The summed E-state index contributed by atoms with van der Waals surface area (Å²) < 4.78 is 0. The molecule has 0 aliphatic carbocycles. The summed E-state index contributed by atoms with van der Waals surface area (Å²) >= 11 is 11.8. The number of aliphatic hydroxyl groups is 1. The number of piperidine rings is 1. The number of carbonyl (C=O) groups excluding carboxylic acids is 1. The van der Waals surface area contributed by atoms with E-state index in [1.54, 1.807) is 12.1 Å². The highest BCUT2D eigenvalue weighted by Gasteiger charge is 2.28. The summed E-state index contributed by atoms with van der Waals surface area (Å²) in [5.41, 5.74) is 0.864. The summed E-state index contributed by atoms with van der Waals surface area (Å²) in [6.45, 7) is 2.83. The van der Waals surface area contributed by atoms with Gasteiger partial charge < -0.3 is 10.0 Å². The van der Waals surface area contributed by atoms with Crippen molar-refractivity contribution >= 4 is 29.1 Å². The zero-order chi connectivity index (χ0) is 14.7. The molecule has 1 aromatic carbocycles. The molecule has 1 N–H and O–H groups in total. The molecular weight excluding hydrogens is 297 g/mol. The predicted molar refractivity (Wildman–Crippen MR) is 81.2 cm³/mol. The van der Waals surface area contributed by atoms with Crippen LogP contribution in [0.2, 0.25) is 10.0 Å². The Morgan fingerprint density at radius 1 is 1.35 bits per heavy atom. The molecule has 1 heterocycles. The zero-order valence-corrected chi connectivity index (χ0v) is 13.0. The molecule has 2 rings (SSSR count). The van der Waals surface area contributed by atoms with Gasteiger partial charge in [-0.2, -0.15) is 0 Å². The molecule has 110 valence electrons. The van der Waals surface area contributed by atoms with Gasteiger partial charge in [0, 0.05) is 19.2 Å². The smallest absolute Gasteiger partial charge is 0.227 e. The summed E-state index contributed by atoms with van der Waals surface area (Å²) in [4.78, 5) is 14.3. The van der Waals surface area contributed by atoms with Crippen LogP contribution in [0, 0.1) is 5.92 Å². The van der Waals surface area contributed by atoms with E-state index in [0.717, 1.165) is 18.4 Å².